The zero-order valence-corrected chi connectivity index (χ0v) is 17.1. The van der Waals surface area contributed by atoms with E-state index in [0.29, 0.717) is 39.7 Å². The van der Waals surface area contributed by atoms with E-state index in [-0.39, 0.29) is 17.3 Å². The zero-order valence-electron chi connectivity index (χ0n) is 16.3. The van der Waals surface area contributed by atoms with E-state index in [1.54, 1.807) is 32.0 Å². The maximum atomic E-state index is 13.4. The van der Waals surface area contributed by atoms with Crippen LogP contribution in [0.15, 0.2) is 68.8 Å². The van der Waals surface area contributed by atoms with Crippen LogP contribution < -0.4 is 10.9 Å². The number of carbonyl (C=O) groups is 1. The Labute approximate surface area is 175 Å². The van der Waals surface area contributed by atoms with Gasteiger partial charge < -0.3 is 9.84 Å². The van der Waals surface area contributed by atoms with Gasteiger partial charge in [0.15, 0.2) is 5.65 Å². The van der Waals surface area contributed by atoms with Gasteiger partial charge in [-0.2, -0.15) is 0 Å². The van der Waals surface area contributed by atoms with Crippen LogP contribution in [0.1, 0.15) is 27.4 Å². The number of hydrogen-bond donors (Lipinski definition) is 1. The van der Waals surface area contributed by atoms with Gasteiger partial charge in [-0.3, -0.25) is 9.59 Å². The highest BCUT2D eigenvalue weighted by Crippen LogP contribution is 2.24. The van der Waals surface area contributed by atoms with Gasteiger partial charge in [0.05, 0.1) is 5.69 Å². The molecule has 0 aliphatic carbocycles. The second kappa shape index (κ2) is 8.16. The minimum atomic E-state index is -0.341. The number of nitrogens with zero attached hydrogens (tertiary/aromatic N) is 2. The van der Waals surface area contributed by atoms with Gasteiger partial charge in [-0.05, 0) is 61.9 Å². The third-order valence-corrected chi connectivity index (χ3v) is 5.49. The van der Waals surface area contributed by atoms with E-state index in [1.807, 2.05) is 12.1 Å². The number of nitrogens with one attached hydrogen (secondary N) is 1. The van der Waals surface area contributed by atoms with Crippen molar-refractivity contribution in [3.8, 4) is 0 Å². The quantitative estimate of drug-likeness (QED) is 0.475. The highest BCUT2D eigenvalue weighted by atomic mass is 32.2. The van der Waals surface area contributed by atoms with Crippen LogP contribution in [-0.4, -0.2) is 15.5 Å². The molecule has 0 saturated carbocycles. The number of amides is 1. The van der Waals surface area contributed by atoms with Crippen molar-refractivity contribution in [2.24, 2.45) is 0 Å². The predicted octanol–water partition coefficient (Wildman–Crippen LogP) is 4.59. The van der Waals surface area contributed by atoms with Crippen molar-refractivity contribution in [1.82, 2.24) is 9.56 Å². The number of carbonyl (C=O) groups excluding carboxylic acids is 1. The molecule has 0 saturated heterocycles. The molecule has 2 heterocycles. The summed E-state index contributed by atoms with van der Waals surface area (Å²) in [6.45, 7) is 3.38. The van der Waals surface area contributed by atoms with Crippen LogP contribution in [-0.2, 0) is 5.75 Å². The minimum absolute atomic E-state index is 0.252. The number of aryl methyl sites for hydroxylation is 2. The first-order valence-electron chi connectivity index (χ1n) is 9.19. The normalized spacial score (nSPS) is 11.0. The Morgan fingerprint density at radius 3 is 2.63 bits per heavy atom. The van der Waals surface area contributed by atoms with Crippen molar-refractivity contribution in [1.29, 1.82) is 0 Å². The molecular formula is C22H18FN3O3S. The lowest BCUT2D eigenvalue weighted by Gasteiger charge is -2.07. The van der Waals surface area contributed by atoms with Gasteiger partial charge in [-0.1, -0.05) is 0 Å². The molecule has 1 N–H and O–H groups in total. The summed E-state index contributed by atoms with van der Waals surface area (Å²) in [4.78, 5) is 29.8. The molecule has 0 spiro atoms. The largest absolute Gasteiger partial charge is 0.375 e. The summed E-state index contributed by atoms with van der Waals surface area (Å²) < 4.78 is 19.8. The van der Waals surface area contributed by atoms with Gasteiger partial charge in [0.2, 0.25) is 0 Å². The van der Waals surface area contributed by atoms with Gasteiger partial charge in [0.1, 0.15) is 11.6 Å². The van der Waals surface area contributed by atoms with E-state index < -0.39 is 0 Å². The van der Waals surface area contributed by atoms with E-state index in [2.05, 4.69) is 10.3 Å². The highest BCUT2D eigenvalue weighted by Gasteiger charge is 2.09. The van der Waals surface area contributed by atoms with Crippen molar-refractivity contribution in [2.75, 3.05) is 5.32 Å². The summed E-state index contributed by atoms with van der Waals surface area (Å²) in [5, 5.41) is 2.80. The van der Waals surface area contributed by atoms with E-state index in [0.717, 1.165) is 4.90 Å². The van der Waals surface area contributed by atoms with Crippen LogP contribution >= 0.6 is 11.8 Å². The van der Waals surface area contributed by atoms with Gasteiger partial charge in [-0.15, -0.1) is 16.3 Å². The van der Waals surface area contributed by atoms with E-state index >= 15 is 0 Å². The lowest BCUT2D eigenvalue weighted by Crippen LogP contribution is -2.12. The van der Waals surface area contributed by atoms with Crippen molar-refractivity contribution >= 4 is 29.0 Å². The Morgan fingerprint density at radius 2 is 1.90 bits per heavy atom. The van der Waals surface area contributed by atoms with Crippen LogP contribution in [0.25, 0.3) is 5.65 Å². The lowest BCUT2D eigenvalue weighted by molar-refractivity contribution is 0.102. The molecule has 0 bridgehead atoms. The summed E-state index contributed by atoms with van der Waals surface area (Å²) in [5.41, 5.74) is 2.36. The standard InChI is InChI=1S/C22H18FN3O3S/c1-13-9-15(3-8-19(13)23)22(28)25-16-4-6-18(7-5-16)30-12-17-11-21(27)26-20(24-17)10-14(2)29-26/h3-11H,12H2,1-2H3,(H,25,28). The summed E-state index contributed by atoms with van der Waals surface area (Å²) in [6.07, 6.45) is 0. The Bertz CT molecular complexity index is 1300. The molecule has 2 aromatic heterocycles. The molecule has 6 nitrogen and oxygen atoms in total. The number of hydrogen-bond acceptors (Lipinski definition) is 5. The first-order valence-corrected chi connectivity index (χ1v) is 10.2. The second-order valence-electron chi connectivity index (χ2n) is 6.82. The number of rotatable bonds is 5. The third-order valence-electron chi connectivity index (χ3n) is 4.44. The SMILES string of the molecule is Cc1cc2nc(CSc3ccc(NC(=O)c4ccc(F)c(C)c4)cc3)cc(=O)n2o1. The number of anilines is 1. The summed E-state index contributed by atoms with van der Waals surface area (Å²) in [7, 11) is 0. The van der Waals surface area contributed by atoms with Crippen molar-refractivity contribution in [3.05, 3.63) is 93.3 Å². The molecule has 0 unspecified atom stereocenters. The molecule has 0 aliphatic heterocycles. The zero-order chi connectivity index (χ0) is 21.3. The van der Waals surface area contributed by atoms with Crippen molar-refractivity contribution in [2.45, 2.75) is 24.5 Å². The van der Waals surface area contributed by atoms with E-state index in [9.17, 15) is 14.0 Å². The van der Waals surface area contributed by atoms with Crippen LogP contribution in [0.3, 0.4) is 0 Å². The Hall–Kier alpha value is -3.39. The van der Waals surface area contributed by atoms with Crippen LogP contribution in [0.5, 0.6) is 0 Å². The maximum Gasteiger partial charge on any atom is 0.287 e. The molecule has 2 aromatic carbocycles. The molecule has 8 heteroatoms. The molecule has 0 aliphatic rings. The monoisotopic (exact) mass is 423 g/mol. The second-order valence-corrected chi connectivity index (χ2v) is 7.86. The molecule has 30 heavy (non-hydrogen) atoms. The molecule has 0 atom stereocenters. The number of halogens is 1. The van der Waals surface area contributed by atoms with E-state index in [1.165, 1.54) is 40.6 Å². The van der Waals surface area contributed by atoms with Crippen LogP contribution in [0, 0.1) is 19.7 Å². The van der Waals surface area contributed by atoms with Gasteiger partial charge in [-0.25, -0.2) is 9.37 Å². The molecule has 0 fully saturated rings. The van der Waals surface area contributed by atoms with Crippen molar-refractivity contribution in [3.63, 3.8) is 0 Å². The topological polar surface area (TPSA) is 76.6 Å². The van der Waals surface area contributed by atoms with Crippen molar-refractivity contribution < 1.29 is 13.7 Å². The first kappa shape index (κ1) is 19.9. The van der Waals surface area contributed by atoms with E-state index in [4.69, 9.17) is 4.52 Å². The fourth-order valence-corrected chi connectivity index (χ4v) is 3.72. The summed E-state index contributed by atoms with van der Waals surface area (Å²) in [6, 6.07) is 14.8. The number of aromatic nitrogens is 2. The van der Waals surface area contributed by atoms with Gasteiger partial charge in [0, 0.05) is 34.0 Å². The minimum Gasteiger partial charge on any atom is -0.375 e. The smallest absolute Gasteiger partial charge is 0.287 e. The van der Waals surface area contributed by atoms with Gasteiger partial charge >= 0.3 is 0 Å². The molecule has 152 valence electrons. The lowest BCUT2D eigenvalue weighted by atomic mass is 10.1. The Morgan fingerprint density at radius 1 is 1.13 bits per heavy atom. The average molecular weight is 423 g/mol. The Balaban J connectivity index is 1.40. The fraction of sp³-hybridized carbons (Fsp3) is 0.136. The molecular weight excluding hydrogens is 405 g/mol. The highest BCUT2D eigenvalue weighted by molar-refractivity contribution is 7.98. The molecule has 4 aromatic rings. The maximum absolute atomic E-state index is 13.4. The van der Waals surface area contributed by atoms with Crippen LogP contribution in [0.2, 0.25) is 0 Å². The molecule has 0 radical (unpaired) electrons. The molecule has 4 rings (SSSR count). The number of thioether (sulfide) groups is 1. The number of benzene rings is 2. The first-order chi connectivity index (χ1) is 14.4. The average Bonchev–Trinajstić information content (AvgIpc) is 3.10. The third kappa shape index (κ3) is 4.28. The Kier molecular flexibility index (Phi) is 5.41. The van der Waals surface area contributed by atoms with Crippen LogP contribution in [0.4, 0.5) is 10.1 Å². The fourth-order valence-electron chi connectivity index (χ4n) is 2.93. The summed E-state index contributed by atoms with van der Waals surface area (Å²) in [5.74, 6) is 0.508. The van der Waals surface area contributed by atoms with Gasteiger partial charge in [0.25, 0.3) is 11.5 Å². The number of fused-ring (bicyclic) bond motifs is 1. The predicted molar refractivity (Wildman–Crippen MR) is 114 cm³/mol. The molecule has 1 amide bonds. The summed E-state index contributed by atoms with van der Waals surface area (Å²) >= 11 is 1.53.